The molecule has 0 amide bonds. The molecule has 3 N–H and O–H groups in total. The number of benzene rings is 1. The summed E-state index contributed by atoms with van der Waals surface area (Å²) in [5, 5.41) is 0. The number of aryl methyl sites for hydroxylation is 1. The molecular formula is C13H23N3. The third kappa shape index (κ3) is 2.61. The van der Waals surface area contributed by atoms with Crippen LogP contribution >= 0.6 is 0 Å². The van der Waals surface area contributed by atoms with Gasteiger partial charge in [-0.05, 0) is 40.4 Å². The third-order valence-corrected chi connectivity index (χ3v) is 3.40. The maximum Gasteiger partial charge on any atom is 0.0638 e. The number of rotatable bonds is 4. The molecule has 0 spiro atoms. The molecule has 0 fully saturated rings. The van der Waals surface area contributed by atoms with Crippen LogP contribution in [0, 0.1) is 6.92 Å². The molecular weight excluding hydrogens is 198 g/mol. The summed E-state index contributed by atoms with van der Waals surface area (Å²) < 4.78 is 0. The highest BCUT2D eigenvalue weighted by Gasteiger charge is 2.31. The van der Waals surface area contributed by atoms with Crippen LogP contribution in [0.1, 0.15) is 31.0 Å². The molecule has 1 rings (SSSR count). The minimum atomic E-state index is -0.0391. The first kappa shape index (κ1) is 13.2. The Bertz CT molecular complexity index is 345. The molecule has 1 aromatic rings. The Morgan fingerprint density at radius 1 is 1.31 bits per heavy atom. The highest BCUT2D eigenvalue weighted by Crippen LogP contribution is 2.29. The molecule has 1 unspecified atom stereocenters. The van der Waals surface area contributed by atoms with Gasteiger partial charge in [0.25, 0.3) is 0 Å². The van der Waals surface area contributed by atoms with Gasteiger partial charge in [0.15, 0.2) is 0 Å². The number of hydrazine groups is 1. The summed E-state index contributed by atoms with van der Waals surface area (Å²) in [7, 11) is 4.14. The highest BCUT2D eigenvalue weighted by atomic mass is 15.3. The Hall–Kier alpha value is -0.900. The number of nitrogens with zero attached hydrogens (tertiary/aromatic N) is 1. The lowest BCUT2D eigenvalue weighted by molar-refractivity contribution is 0.138. The zero-order chi connectivity index (χ0) is 12.3. The number of nitrogens with one attached hydrogen (secondary N) is 1. The number of likely N-dealkylation sites (N-methyl/N-ethyl adjacent to an activating group) is 1. The van der Waals surface area contributed by atoms with Crippen LogP contribution in [0.5, 0.6) is 0 Å². The van der Waals surface area contributed by atoms with E-state index in [2.05, 4.69) is 69.5 Å². The standard InChI is InChI=1S/C13H23N3/c1-10-7-6-8-11(9-10)12(15-14)13(2,3)16(4)5/h6-9,12,15H,14H2,1-5H3. The van der Waals surface area contributed by atoms with Crippen molar-refractivity contribution in [3.63, 3.8) is 0 Å². The zero-order valence-electron chi connectivity index (χ0n) is 10.9. The molecule has 0 aliphatic rings. The molecule has 90 valence electrons. The molecule has 16 heavy (non-hydrogen) atoms. The Balaban J connectivity index is 3.08. The van der Waals surface area contributed by atoms with Gasteiger partial charge in [-0.1, -0.05) is 29.8 Å². The van der Waals surface area contributed by atoms with Crippen molar-refractivity contribution in [1.82, 2.24) is 10.3 Å². The van der Waals surface area contributed by atoms with Gasteiger partial charge in [0.2, 0.25) is 0 Å². The van der Waals surface area contributed by atoms with Crippen molar-refractivity contribution in [2.75, 3.05) is 14.1 Å². The van der Waals surface area contributed by atoms with Crippen molar-refractivity contribution >= 4 is 0 Å². The number of hydrogen-bond donors (Lipinski definition) is 2. The van der Waals surface area contributed by atoms with Crippen LogP contribution in [0.25, 0.3) is 0 Å². The van der Waals surface area contributed by atoms with Crippen molar-refractivity contribution in [2.24, 2.45) is 5.84 Å². The van der Waals surface area contributed by atoms with Gasteiger partial charge >= 0.3 is 0 Å². The van der Waals surface area contributed by atoms with E-state index in [1.54, 1.807) is 0 Å². The summed E-state index contributed by atoms with van der Waals surface area (Å²) in [4.78, 5) is 2.18. The second kappa shape index (κ2) is 4.95. The molecule has 1 aromatic carbocycles. The SMILES string of the molecule is Cc1cccc(C(NN)C(C)(C)N(C)C)c1. The predicted molar refractivity (Wildman–Crippen MR) is 69.0 cm³/mol. The van der Waals surface area contributed by atoms with E-state index in [9.17, 15) is 0 Å². The van der Waals surface area contributed by atoms with E-state index < -0.39 is 0 Å². The lowest BCUT2D eigenvalue weighted by Crippen LogP contribution is -2.51. The Labute approximate surface area is 98.6 Å². The van der Waals surface area contributed by atoms with E-state index in [0.29, 0.717) is 0 Å². The van der Waals surface area contributed by atoms with E-state index in [1.807, 2.05) is 0 Å². The van der Waals surface area contributed by atoms with Crippen LogP contribution < -0.4 is 11.3 Å². The Kier molecular flexibility index (Phi) is 4.08. The molecule has 3 heteroatoms. The zero-order valence-corrected chi connectivity index (χ0v) is 10.9. The minimum absolute atomic E-state index is 0.0391. The van der Waals surface area contributed by atoms with Crippen LogP contribution in [0.3, 0.4) is 0 Å². The van der Waals surface area contributed by atoms with Crippen LogP contribution in [0.4, 0.5) is 0 Å². The average Bonchev–Trinajstić information content (AvgIpc) is 2.18. The summed E-state index contributed by atoms with van der Waals surface area (Å²) in [6, 6.07) is 8.57. The third-order valence-electron chi connectivity index (χ3n) is 3.40. The first-order chi connectivity index (χ1) is 7.39. The maximum absolute atomic E-state index is 5.70. The van der Waals surface area contributed by atoms with Crippen LogP contribution in [0.15, 0.2) is 24.3 Å². The molecule has 0 radical (unpaired) electrons. The summed E-state index contributed by atoms with van der Waals surface area (Å²) >= 11 is 0. The highest BCUT2D eigenvalue weighted by molar-refractivity contribution is 5.27. The molecule has 0 saturated carbocycles. The fraction of sp³-hybridized carbons (Fsp3) is 0.538. The molecule has 3 nitrogen and oxygen atoms in total. The lowest BCUT2D eigenvalue weighted by atomic mass is 9.87. The van der Waals surface area contributed by atoms with Crippen LogP contribution in [-0.2, 0) is 0 Å². The van der Waals surface area contributed by atoms with Gasteiger partial charge in [-0.15, -0.1) is 0 Å². The summed E-state index contributed by atoms with van der Waals surface area (Å²) in [5.41, 5.74) is 5.37. The van der Waals surface area contributed by atoms with Crippen molar-refractivity contribution in [2.45, 2.75) is 32.4 Å². The Morgan fingerprint density at radius 2 is 1.94 bits per heavy atom. The smallest absolute Gasteiger partial charge is 0.0638 e. The van der Waals surface area contributed by atoms with Crippen molar-refractivity contribution in [3.05, 3.63) is 35.4 Å². The van der Waals surface area contributed by atoms with E-state index in [-0.39, 0.29) is 11.6 Å². The first-order valence-electron chi connectivity index (χ1n) is 5.59. The van der Waals surface area contributed by atoms with E-state index >= 15 is 0 Å². The second-order valence-electron chi connectivity index (χ2n) is 5.06. The van der Waals surface area contributed by atoms with Crippen molar-refractivity contribution in [1.29, 1.82) is 0 Å². The van der Waals surface area contributed by atoms with Gasteiger partial charge in [0, 0.05) is 5.54 Å². The second-order valence-corrected chi connectivity index (χ2v) is 5.06. The topological polar surface area (TPSA) is 41.3 Å². The fourth-order valence-electron chi connectivity index (χ4n) is 1.82. The normalized spacial score (nSPS) is 14.2. The van der Waals surface area contributed by atoms with Gasteiger partial charge < -0.3 is 4.90 Å². The van der Waals surface area contributed by atoms with E-state index in [1.165, 1.54) is 11.1 Å². The number of hydrogen-bond acceptors (Lipinski definition) is 3. The predicted octanol–water partition coefficient (Wildman–Crippen LogP) is 1.84. The molecule has 1 atom stereocenters. The van der Waals surface area contributed by atoms with Gasteiger partial charge in [-0.25, -0.2) is 0 Å². The summed E-state index contributed by atoms with van der Waals surface area (Å²) in [5.74, 6) is 5.70. The Morgan fingerprint density at radius 3 is 2.38 bits per heavy atom. The molecule has 0 bridgehead atoms. The van der Waals surface area contributed by atoms with Gasteiger partial charge in [0.1, 0.15) is 0 Å². The minimum Gasteiger partial charge on any atom is -0.302 e. The molecule has 0 heterocycles. The van der Waals surface area contributed by atoms with Crippen molar-refractivity contribution < 1.29 is 0 Å². The average molecular weight is 221 g/mol. The molecule has 0 saturated heterocycles. The lowest BCUT2D eigenvalue weighted by Gasteiger charge is -2.40. The maximum atomic E-state index is 5.70. The van der Waals surface area contributed by atoms with Crippen LogP contribution in [-0.4, -0.2) is 24.5 Å². The summed E-state index contributed by atoms with van der Waals surface area (Å²) in [6.45, 7) is 6.46. The quantitative estimate of drug-likeness (QED) is 0.602. The van der Waals surface area contributed by atoms with Gasteiger partial charge in [-0.2, -0.15) is 0 Å². The fourth-order valence-corrected chi connectivity index (χ4v) is 1.82. The van der Waals surface area contributed by atoms with E-state index in [0.717, 1.165) is 0 Å². The largest absolute Gasteiger partial charge is 0.302 e. The van der Waals surface area contributed by atoms with Crippen molar-refractivity contribution in [3.8, 4) is 0 Å². The monoisotopic (exact) mass is 221 g/mol. The first-order valence-corrected chi connectivity index (χ1v) is 5.59. The summed E-state index contributed by atoms with van der Waals surface area (Å²) in [6.07, 6.45) is 0. The van der Waals surface area contributed by atoms with E-state index in [4.69, 9.17) is 5.84 Å². The molecule has 0 aliphatic carbocycles. The van der Waals surface area contributed by atoms with Gasteiger partial charge in [0.05, 0.1) is 6.04 Å². The van der Waals surface area contributed by atoms with Gasteiger partial charge in [-0.3, -0.25) is 11.3 Å². The molecule has 0 aromatic heterocycles. The molecule has 0 aliphatic heterocycles. The van der Waals surface area contributed by atoms with Crippen LogP contribution in [0.2, 0.25) is 0 Å². The number of nitrogens with two attached hydrogens (primary N) is 1.